The molecule has 2 fully saturated rings. The number of esters is 1. The Morgan fingerprint density at radius 2 is 1.81 bits per heavy atom. The van der Waals surface area contributed by atoms with Gasteiger partial charge < -0.3 is 9.64 Å². The molecule has 5 heteroatoms. The van der Waals surface area contributed by atoms with E-state index in [-0.39, 0.29) is 11.9 Å². The zero-order valence-corrected chi connectivity index (χ0v) is 19.6. The van der Waals surface area contributed by atoms with Crippen molar-refractivity contribution in [3.63, 3.8) is 0 Å². The van der Waals surface area contributed by atoms with Crippen molar-refractivity contribution in [3.8, 4) is 0 Å². The number of carbonyl (C=O) groups is 2. The van der Waals surface area contributed by atoms with E-state index in [1.807, 2.05) is 52.2 Å². The van der Waals surface area contributed by atoms with Gasteiger partial charge in [-0.3, -0.25) is 9.78 Å². The Morgan fingerprint density at radius 1 is 1.13 bits per heavy atom. The third-order valence-corrected chi connectivity index (χ3v) is 6.68. The number of piperidine rings is 1. The first-order valence-electron chi connectivity index (χ1n) is 11.8. The van der Waals surface area contributed by atoms with E-state index in [4.69, 9.17) is 4.74 Å². The van der Waals surface area contributed by atoms with Crippen LogP contribution in [0.3, 0.4) is 0 Å². The fraction of sp³-hybridized carbons (Fsp3) is 0.654. The van der Waals surface area contributed by atoms with Gasteiger partial charge in [-0.15, -0.1) is 0 Å². The second kappa shape index (κ2) is 10.4. The van der Waals surface area contributed by atoms with E-state index in [1.165, 1.54) is 5.56 Å². The van der Waals surface area contributed by atoms with Crippen molar-refractivity contribution in [3.05, 3.63) is 41.7 Å². The van der Waals surface area contributed by atoms with Gasteiger partial charge in [0.1, 0.15) is 5.60 Å². The average molecular weight is 427 g/mol. The highest BCUT2D eigenvalue weighted by Gasteiger charge is 2.32. The topological polar surface area (TPSA) is 59.5 Å². The van der Waals surface area contributed by atoms with Crippen molar-refractivity contribution < 1.29 is 14.3 Å². The Hall–Kier alpha value is -2.17. The van der Waals surface area contributed by atoms with Crippen LogP contribution in [0, 0.1) is 11.8 Å². The molecule has 0 radical (unpaired) electrons. The summed E-state index contributed by atoms with van der Waals surface area (Å²) in [5.74, 6) is 1.24. The van der Waals surface area contributed by atoms with Crippen molar-refractivity contribution >= 4 is 11.9 Å². The van der Waals surface area contributed by atoms with Crippen LogP contribution in [0.15, 0.2) is 36.2 Å². The first-order valence-corrected chi connectivity index (χ1v) is 11.8. The molecule has 1 amide bonds. The van der Waals surface area contributed by atoms with Gasteiger partial charge in [-0.2, -0.15) is 0 Å². The van der Waals surface area contributed by atoms with Gasteiger partial charge in [-0.1, -0.05) is 12.1 Å². The number of rotatable bonds is 5. The standard InChI is InChI=1S/C26H38N2O3/c1-5-20(25(30)31-26(2,3)4)17-19-8-10-22(11-9-19)24(29)28-15-12-21(13-16-28)23-7-6-14-27-18-23/h5-7,14,18-19,21-22H,8-13,15-17H2,1-4H3/b20-5-. The monoisotopic (exact) mass is 426 g/mol. The summed E-state index contributed by atoms with van der Waals surface area (Å²) >= 11 is 0. The fourth-order valence-corrected chi connectivity index (χ4v) is 4.90. The van der Waals surface area contributed by atoms with E-state index in [0.29, 0.717) is 17.7 Å². The van der Waals surface area contributed by atoms with Crippen LogP contribution in [-0.4, -0.2) is 40.5 Å². The van der Waals surface area contributed by atoms with Crippen LogP contribution >= 0.6 is 0 Å². The van der Waals surface area contributed by atoms with Gasteiger partial charge in [0.05, 0.1) is 0 Å². The van der Waals surface area contributed by atoms with Gasteiger partial charge in [0.25, 0.3) is 0 Å². The van der Waals surface area contributed by atoms with E-state index in [9.17, 15) is 9.59 Å². The lowest BCUT2D eigenvalue weighted by Crippen LogP contribution is -2.42. The molecular weight excluding hydrogens is 388 g/mol. The average Bonchev–Trinajstić information content (AvgIpc) is 2.77. The molecule has 5 nitrogen and oxygen atoms in total. The minimum absolute atomic E-state index is 0.141. The van der Waals surface area contributed by atoms with E-state index in [1.54, 1.807) is 0 Å². The lowest BCUT2D eigenvalue weighted by atomic mass is 9.78. The molecule has 1 saturated heterocycles. The Bertz CT molecular complexity index is 766. The summed E-state index contributed by atoms with van der Waals surface area (Å²) < 4.78 is 5.54. The number of aromatic nitrogens is 1. The molecule has 0 bridgehead atoms. The number of pyridine rings is 1. The van der Waals surface area contributed by atoms with E-state index < -0.39 is 5.60 Å². The lowest BCUT2D eigenvalue weighted by Gasteiger charge is -2.36. The van der Waals surface area contributed by atoms with Crippen LogP contribution in [0.25, 0.3) is 0 Å². The predicted molar refractivity (Wildman–Crippen MR) is 122 cm³/mol. The molecule has 1 aromatic heterocycles. The Kier molecular flexibility index (Phi) is 7.90. The fourth-order valence-electron chi connectivity index (χ4n) is 4.90. The van der Waals surface area contributed by atoms with E-state index >= 15 is 0 Å². The van der Waals surface area contributed by atoms with Gasteiger partial charge >= 0.3 is 5.97 Å². The molecule has 31 heavy (non-hydrogen) atoms. The normalized spacial score (nSPS) is 23.5. The quantitative estimate of drug-likeness (QED) is 0.475. The molecule has 0 unspecified atom stereocenters. The van der Waals surface area contributed by atoms with Gasteiger partial charge in [0, 0.05) is 37.0 Å². The molecule has 170 valence electrons. The van der Waals surface area contributed by atoms with Crippen molar-refractivity contribution in [1.82, 2.24) is 9.88 Å². The van der Waals surface area contributed by atoms with Crippen molar-refractivity contribution in [2.24, 2.45) is 11.8 Å². The van der Waals surface area contributed by atoms with Crippen LogP contribution in [0.2, 0.25) is 0 Å². The van der Waals surface area contributed by atoms with Crippen LogP contribution in [0.5, 0.6) is 0 Å². The number of carbonyl (C=O) groups excluding carboxylic acids is 2. The van der Waals surface area contributed by atoms with E-state index in [2.05, 4.69) is 16.0 Å². The number of hydrogen-bond donors (Lipinski definition) is 0. The van der Waals surface area contributed by atoms with Crippen LogP contribution in [0.1, 0.15) is 84.1 Å². The second-order valence-electron chi connectivity index (χ2n) is 10.1. The molecule has 1 aliphatic carbocycles. The third kappa shape index (κ3) is 6.65. The first-order chi connectivity index (χ1) is 14.8. The van der Waals surface area contributed by atoms with Gasteiger partial charge in [0.15, 0.2) is 0 Å². The van der Waals surface area contributed by atoms with E-state index in [0.717, 1.165) is 63.6 Å². The molecular formula is C26H38N2O3. The summed E-state index contributed by atoms with van der Waals surface area (Å²) in [4.78, 5) is 31.8. The molecule has 1 aromatic rings. The molecule has 0 atom stereocenters. The summed E-state index contributed by atoms with van der Waals surface area (Å²) in [5.41, 5.74) is 1.59. The number of hydrogen-bond acceptors (Lipinski definition) is 4. The molecule has 1 saturated carbocycles. The van der Waals surface area contributed by atoms with Gasteiger partial charge in [-0.05, 0) is 96.1 Å². The number of likely N-dealkylation sites (tertiary alicyclic amines) is 1. The summed E-state index contributed by atoms with van der Waals surface area (Å²) in [5, 5.41) is 0. The first kappa shape index (κ1) is 23.5. The maximum atomic E-state index is 13.1. The zero-order chi connectivity index (χ0) is 22.4. The highest BCUT2D eigenvalue weighted by atomic mass is 16.6. The highest BCUT2D eigenvalue weighted by Crippen LogP contribution is 2.35. The summed E-state index contributed by atoms with van der Waals surface area (Å²) in [6.07, 6.45) is 12.3. The lowest BCUT2D eigenvalue weighted by molar-refractivity contribution is -0.150. The van der Waals surface area contributed by atoms with Gasteiger partial charge in [-0.25, -0.2) is 4.79 Å². The maximum Gasteiger partial charge on any atom is 0.334 e. The minimum Gasteiger partial charge on any atom is -0.457 e. The molecule has 0 spiro atoms. The number of nitrogens with zero attached hydrogens (tertiary/aromatic N) is 2. The molecule has 0 aromatic carbocycles. The van der Waals surface area contributed by atoms with Crippen LogP contribution in [-0.2, 0) is 14.3 Å². The van der Waals surface area contributed by atoms with Crippen molar-refractivity contribution in [2.45, 2.75) is 84.2 Å². The van der Waals surface area contributed by atoms with Crippen LogP contribution < -0.4 is 0 Å². The predicted octanol–water partition coefficient (Wildman–Crippen LogP) is 5.27. The molecule has 2 aliphatic rings. The maximum absolute atomic E-state index is 13.1. The minimum atomic E-state index is -0.472. The molecule has 3 rings (SSSR count). The Morgan fingerprint density at radius 3 is 2.35 bits per heavy atom. The van der Waals surface area contributed by atoms with Crippen LogP contribution in [0.4, 0.5) is 0 Å². The molecule has 2 heterocycles. The Labute approximate surface area is 187 Å². The summed E-state index contributed by atoms with van der Waals surface area (Å²) in [6.45, 7) is 9.29. The smallest absolute Gasteiger partial charge is 0.334 e. The highest BCUT2D eigenvalue weighted by molar-refractivity contribution is 5.88. The van der Waals surface area contributed by atoms with Crippen molar-refractivity contribution in [2.75, 3.05) is 13.1 Å². The van der Waals surface area contributed by atoms with Crippen molar-refractivity contribution in [1.29, 1.82) is 0 Å². The SMILES string of the molecule is C/C=C(/CC1CCC(C(=O)N2CCC(c3cccnc3)CC2)CC1)C(=O)OC(C)(C)C. The number of allylic oxidation sites excluding steroid dienone is 1. The third-order valence-electron chi connectivity index (χ3n) is 6.68. The Balaban J connectivity index is 1.44. The zero-order valence-electron chi connectivity index (χ0n) is 19.6. The van der Waals surface area contributed by atoms with Gasteiger partial charge in [0.2, 0.25) is 5.91 Å². The molecule has 0 N–H and O–H groups in total. The second-order valence-corrected chi connectivity index (χ2v) is 10.1. The summed E-state index contributed by atoms with van der Waals surface area (Å²) in [7, 11) is 0. The molecule has 1 aliphatic heterocycles. The largest absolute Gasteiger partial charge is 0.457 e. The number of ether oxygens (including phenoxy) is 1. The summed E-state index contributed by atoms with van der Waals surface area (Å²) in [6, 6.07) is 4.14. The number of amides is 1.